The summed E-state index contributed by atoms with van der Waals surface area (Å²) in [5.41, 5.74) is 0. The monoisotopic (exact) mass is 488 g/mol. The highest BCUT2D eigenvalue weighted by Gasteiger charge is 2.41. The standard InChI is InChI=1S/C27H48N6O2/c1-20(34)21-5-7-24(8-6-21)30-27(35)29-17-25-16-22-9-11-33(25)19-23(22)18-31-12-14-32(15-13-31)26-4-2-3-10-28-26/h21-26,28H,2-19H2,1H3,(H2,29,30,35)/t21?,22-,23+,24?,25+,26?/m1/s1. The second-order valence-corrected chi connectivity index (χ2v) is 12.0. The minimum Gasteiger partial charge on any atom is -0.337 e. The first-order valence-electron chi connectivity index (χ1n) is 14.5. The van der Waals surface area contributed by atoms with Crippen molar-refractivity contribution in [3.05, 3.63) is 0 Å². The molecule has 0 aromatic rings. The average molecular weight is 489 g/mol. The van der Waals surface area contributed by atoms with Crippen molar-refractivity contribution >= 4 is 11.8 Å². The number of piperazine rings is 1. The minimum absolute atomic E-state index is 0.0270. The van der Waals surface area contributed by atoms with Crippen LogP contribution in [0.2, 0.25) is 0 Å². The Balaban J connectivity index is 0.997. The highest BCUT2D eigenvalue weighted by atomic mass is 16.2. The third-order valence-corrected chi connectivity index (χ3v) is 9.77. The number of carbonyl (C=O) groups excluding carboxylic acids is 2. The van der Waals surface area contributed by atoms with E-state index in [1.165, 1.54) is 84.5 Å². The Morgan fingerprint density at radius 2 is 1.71 bits per heavy atom. The first-order chi connectivity index (χ1) is 17.0. The van der Waals surface area contributed by atoms with Crippen LogP contribution < -0.4 is 16.0 Å². The lowest BCUT2D eigenvalue weighted by molar-refractivity contribution is -0.121. The van der Waals surface area contributed by atoms with Crippen LogP contribution in [0.5, 0.6) is 0 Å². The molecule has 5 atom stereocenters. The van der Waals surface area contributed by atoms with Crippen molar-refractivity contribution in [3.63, 3.8) is 0 Å². The Morgan fingerprint density at radius 1 is 0.914 bits per heavy atom. The summed E-state index contributed by atoms with van der Waals surface area (Å²) in [5.74, 6) is 2.08. The second-order valence-electron chi connectivity index (χ2n) is 12.0. The largest absolute Gasteiger partial charge is 0.337 e. The maximum Gasteiger partial charge on any atom is 0.315 e. The summed E-state index contributed by atoms with van der Waals surface area (Å²) in [6.07, 6.45) is 10.8. The molecule has 35 heavy (non-hydrogen) atoms. The maximum absolute atomic E-state index is 12.5. The van der Waals surface area contributed by atoms with E-state index in [1.807, 2.05) is 0 Å². The van der Waals surface area contributed by atoms with Crippen LogP contribution in [-0.4, -0.2) is 104 Å². The summed E-state index contributed by atoms with van der Waals surface area (Å²) in [5, 5.41) is 10.0. The Bertz CT molecular complexity index is 712. The lowest BCUT2D eigenvalue weighted by atomic mass is 9.75. The lowest BCUT2D eigenvalue weighted by Gasteiger charge is -2.51. The van der Waals surface area contributed by atoms with E-state index in [4.69, 9.17) is 0 Å². The third kappa shape index (κ3) is 6.56. The number of nitrogens with one attached hydrogen (secondary N) is 3. The van der Waals surface area contributed by atoms with E-state index in [2.05, 4.69) is 30.7 Å². The first kappa shape index (κ1) is 25.4. The number of Topliss-reactive ketones (excluding diaryl/α,β-unsaturated/α-hetero) is 1. The highest BCUT2D eigenvalue weighted by molar-refractivity contribution is 5.78. The van der Waals surface area contributed by atoms with Crippen molar-refractivity contribution in [1.29, 1.82) is 0 Å². The molecule has 0 aromatic carbocycles. The molecule has 1 aliphatic carbocycles. The summed E-state index contributed by atoms with van der Waals surface area (Å²) in [6.45, 7) is 12.1. The van der Waals surface area contributed by atoms with Crippen LogP contribution in [0, 0.1) is 17.8 Å². The zero-order chi connectivity index (χ0) is 24.2. The van der Waals surface area contributed by atoms with Crippen LogP contribution in [0.25, 0.3) is 0 Å². The Labute approximate surface area is 211 Å². The van der Waals surface area contributed by atoms with Gasteiger partial charge in [0.05, 0.1) is 6.17 Å². The van der Waals surface area contributed by atoms with Gasteiger partial charge in [0, 0.05) is 63.8 Å². The number of piperidine rings is 4. The zero-order valence-electron chi connectivity index (χ0n) is 21.9. The molecule has 6 fully saturated rings. The van der Waals surface area contributed by atoms with Crippen LogP contribution in [-0.2, 0) is 4.79 Å². The summed E-state index contributed by atoms with van der Waals surface area (Å²) >= 11 is 0. The molecule has 5 heterocycles. The number of amides is 2. The predicted molar refractivity (Wildman–Crippen MR) is 138 cm³/mol. The molecular formula is C27H48N6O2. The van der Waals surface area contributed by atoms with E-state index in [0.717, 1.165) is 44.1 Å². The van der Waals surface area contributed by atoms with Gasteiger partial charge in [0.15, 0.2) is 0 Å². The third-order valence-electron chi connectivity index (χ3n) is 9.77. The molecule has 2 amide bonds. The van der Waals surface area contributed by atoms with Gasteiger partial charge in [-0.2, -0.15) is 0 Å². The molecule has 5 aliphatic heterocycles. The molecule has 6 rings (SSSR count). The van der Waals surface area contributed by atoms with E-state index in [-0.39, 0.29) is 18.0 Å². The van der Waals surface area contributed by atoms with Crippen LogP contribution in [0.1, 0.15) is 64.7 Å². The average Bonchev–Trinajstić information content (AvgIpc) is 2.89. The van der Waals surface area contributed by atoms with Crippen LogP contribution in [0.4, 0.5) is 4.79 Å². The van der Waals surface area contributed by atoms with Crippen LogP contribution >= 0.6 is 0 Å². The molecule has 198 valence electrons. The number of hydrogen-bond acceptors (Lipinski definition) is 6. The van der Waals surface area contributed by atoms with E-state index >= 15 is 0 Å². The summed E-state index contributed by atoms with van der Waals surface area (Å²) in [7, 11) is 0. The van der Waals surface area contributed by atoms with Crippen molar-refractivity contribution in [1.82, 2.24) is 30.7 Å². The van der Waals surface area contributed by atoms with Crippen LogP contribution in [0.15, 0.2) is 0 Å². The molecule has 2 unspecified atom stereocenters. The van der Waals surface area contributed by atoms with Gasteiger partial charge in [-0.3, -0.25) is 14.6 Å². The van der Waals surface area contributed by atoms with E-state index in [9.17, 15) is 9.59 Å². The number of nitrogens with zero attached hydrogens (tertiary/aromatic N) is 3. The normalized spacial score (nSPS) is 38.7. The first-order valence-corrected chi connectivity index (χ1v) is 14.5. The van der Waals surface area contributed by atoms with Crippen molar-refractivity contribution in [2.75, 3.05) is 58.9 Å². The maximum atomic E-state index is 12.5. The summed E-state index contributed by atoms with van der Waals surface area (Å²) in [4.78, 5) is 32.1. The van der Waals surface area contributed by atoms with Gasteiger partial charge in [-0.1, -0.05) is 0 Å². The molecular weight excluding hydrogens is 440 g/mol. The zero-order valence-corrected chi connectivity index (χ0v) is 21.9. The van der Waals surface area contributed by atoms with Crippen molar-refractivity contribution < 1.29 is 9.59 Å². The summed E-state index contributed by atoms with van der Waals surface area (Å²) in [6, 6.07) is 0.673. The molecule has 8 heteroatoms. The molecule has 1 saturated carbocycles. The fourth-order valence-corrected chi connectivity index (χ4v) is 7.49. The van der Waals surface area contributed by atoms with Gasteiger partial charge in [-0.25, -0.2) is 4.79 Å². The van der Waals surface area contributed by atoms with E-state index < -0.39 is 0 Å². The number of fused-ring (bicyclic) bond motifs is 3. The molecule has 2 bridgehead atoms. The van der Waals surface area contributed by atoms with Gasteiger partial charge >= 0.3 is 6.03 Å². The van der Waals surface area contributed by atoms with Gasteiger partial charge in [0.2, 0.25) is 0 Å². The smallest absolute Gasteiger partial charge is 0.315 e. The van der Waals surface area contributed by atoms with E-state index in [0.29, 0.717) is 18.0 Å². The molecule has 8 nitrogen and oxygen atoms in total. The topological polar surface area (TPSA) is 80.0 Å². The lowest BCUT2D eigenvalue weighted by Crippen LogP contribution is -2.60. The van der Waals surface area contributed by atoms with Gasteiger partial charge in [0.25, 0.3) is 0 Å². The molecule has 5 saturated heterocycles. The molecule has 6 aliphatic rings. The van der Waals surface area contributed by atoms with Crippen molar-refractivity contribution in [2.45, 2.75) is 83.0 Å². The quantitative estimate of drug-likeness (QED) is 0.508. The number of urea groups is 1. The SMILES string of the molecule is CC(=O)C1CCC(NC(=O)NC[C@@H]2C[C@H]3CCN2C[C@@H]3CN2CCN(C3CCCCN3)CC2)CC1. The fourth-order valence-electron chi connectivity index (χ4n) is 7.49. The van der Waals surface area contributed by atoms with Gasteiger partial charge in [-0.05, 0) is 89.6 Å². The van der Waals surface area contributed by atoms with Crippen molar-refractivity contribution in [3.8, 4) is 0 Å². The van der Waals surface area contributed by atoms with Crippen molar-refractivity contribution in [2.24, 2.45) is 17.8 Å². The number of ketones is 1. The van der Waals surface area contributed by atoms with Gasteiger partial charge in [-0.15, -0.1) is 0 Å². The van der Waals surface area contributed by atoms with Crippen LogP contribution in [0.3, 0.4) is 0 Å². The second kappa shape index (κ2) is 11.9. The highest BCUT2D eigenvalue weighted by Crippen LogP contribution is 2.36. The fraction of sp³-hybridized carbons (Fsp3) is 0.926. The van der Waals surface area contributed by atoms with Gasteiger partial charge < -0.3 is 20.9 Å². The Hall–Kier alpha value is -1.22. The molecule has 0 aromatic heterocycles. The predicted octanol–water partition coefficient (Wildman–Crippen LogP) is 1.86. The minimum atomic E-state index is -0.0270. The molecule has 0 spiro atoms. The number of rotatable bonds is 7. The molecule has 3 N–H and O–H groups in total. The Morgan fingerprint density at radius 3 is 2.37 bits per heavy atom. The Kier molecular flexibility index (Phi) is 8.64. The van der Waals surface area contributed by atoms with E-state index in [1.54, 1.807) is 6.92 Å². The van der Waals surface area contributed by atoms with Gasteiger partial charge in [0.1, 0.15) is 5.78 Å². The summed E-state index contributed by atoms with van der Waals surface area (Å²) < 4.78 is 0. The molecule has 0 radical (unpaired) electrons. The number of hydrogen-bond donors (Lipinski definition) is 3. The number of carbonyl (C=O) groups is 2.